The molecule has 1 aliphatic heterocycles. The normalized spacial score (nSPS) is 16.9. The molecular weight excluding hydrogens is 380 g/mol. The van der Waals surface area contributed by atoms with Crippen LogP contribution in [0, 0.1) is 13.8 Å². The fourth-order valence-electron chi connectivity index (χ4n) is 3.67. The summed E-state index contributed by atoms with van der Waals surface area (Å²) in [4.78, 5) is 6.78. The minimum Gasteiger partial charge on any atom is -0.351 e. The Morgan fingerprint density at radius 3 is 2.52 bits per heavy atom. The van der Waals surface area contributed by atoms with E-state index in [1.807, 2.05) is 30.3 Å². The summed E-state index contributed by atoms with van der Waals surface area (Å²) in [5.41, 5.74) is 6.53. The van der Waals surface area contributed by atoms with Gasteiger partial charge in [-0.15, -0.1) is 0 Å². The monoisotopic (exact) mass is 404 g/mol. The Kier molecular flexibility index (Phi) is 5.20. The van der Waals surface area contributed by atoms with Crippen LogP contribution in [0.2, 0.25) is 0 Å². The number of benzene rings is 2. The van der Waals surface area contributed by atoms with Crippen LogP contribution in [0.5, 0.6) is 0 Å². The zero-order valence-corrected chi connectivity index (χ0v) is 17.9. The van der Waals surface area contributed by atoms with Gasteiger partial charge in [-0.2, -0.15) is 4.98 Å². The molecule has 1 unspecified atom stereocenters. The summed E-state index contributed by atoms with van der Waals surface area (Å²) in [6.45, 7) is 9.14. The molecule has 0 saturated carbocycles. The van der Waals surface area contributed by atoms with E-state index in [1.165, 1.54) is 11.1 Å². The molecular formula is C23H24N4OS. The number of aryl methyl sites for hydroxylation is 2. The molecule has 0 spiro atoms. The van der Waals surface area contributed by atoms with Crippen molar-refractivity contribution in [3.05, 3.63) is 76.8 Å². The lowest BCUT2D eigenvalue weighted by Gasteiger charge is -2.36. The van der Waals surface area contributed by atoms with E-state index in [-0.39, 0.29) is 6.04 Å². The van der Waals surface area contributed by atoms with Crippen LogP contribution in [0.15, 0.2) is 58.8 Å². The SMILES string of the molecule is CCN1C(=S)NC(c2ccc(C)c(C)c2)C(c2nc(-c3ccccc3)no2)=C1C. The lowest BCUT2D eigenvalue weighted by atomic mass is 9.92. The molecule has 0 fully saturated rings. The fraction of sp³-hybridized carbons (Fsp3) is 0.261. The highest BCUT2D eigenvalue weighted by Crippen LogP contribution is 2.37. The van der Waals surface area contributed by atoms with Crippen molar-refractivity contribution in [2.75, 3.05) is 6.54 Å². The van der Waals surface area contributed by atoms with Gasteiger partial charge in [0.05, 0.1) is 11.6 Å². The third-order valence-electron chi connectivity index (χ3n) is 5.47. The molecule has 2 aromatic carbocycles. The lowest BCUT2D eigenvalue weighted by molar-refractivity contribution is 0.398. The van der Waals surface area contributed by atoms with E-state index in [0.29, 0.717) is 16.8 Å². The first-order chi connectivity index (χ1) is 14.0. The predicted octanol–water partition coefficient (Wildman–Crippen LogP) is 5.04. The van der Waals surface area contributed by atoms with Crippen LogP contribution in [0.4, 0.5) is 0 Å². The molecule has 1 aliphatic rings. The minimum absolute atomic E-state index is 0.145. The molecule has 1 aromatic heterocycles. The van der Waals surface area contributed by atoms with Crippen LogP contribution >= 0.6 is 12.2 Å². The van der Waals surface area contributed by atoms with Crippen molar-refractivity contribution in [2.45, 2.75) is 33.7 Å². The van der Waals surface area contributed by atoms with Gasteiger partial charge in [0, 0.05) is 17.8 Å². The summed E-state index contributed by atoms with van der Waals surface area (Å²) in [6.07, 6.45) is 0. The van der Waals surface area contributed by atoms with Crippen molar-refractivity contribution in [3.63, 3.8) is 0 Å². The Balaban J connectivity index is 1.83. The van der Waals surface area contributed by atoms with Gasteiger partial charge >= 0.3 is 0 Å². The summed E-state index contributed by atoms with van der Waals surface area (Å²) >= 11 is 5.64. The second kappa shape index (κ2) is 7.79. The van der Waals surface area contributed by atoms with E-state index in [4.69, 9.17) is 21.7 Å². The maximum atomic E-state index is 5.73. The predicted molar refractivity (Wildman–Crippen MR) is 119 cm³/mol. The van der Waals surface area contributed by atoms with E-state index in [9.17, 15) is 0 Å². The van der Waals surface area contributed by atoms with Crippen molar-refractivity contribution in [2.24, 2.45) is 0 Å². The number of hydrogen-bond acceptors (Lipinski definition) is 4. The van der Waals surface area contributed by atoms with Crippen LogP contribution < -0.4 is 5.32 Å². The van der Waals surface area contributed by atoms with Crippen molar-refractivity contribution in [3.8, 4) is 11.4 Å². The van der Waals surface area contributed by atoms with Crippen LogP contribution in [0.3, 0.4) is 0 Å². The first-order valence-electron chi connectivity index (χ1n) is 9.75. The lowest BCUT2D eigenvalue weighted by Crippen LogP contribution is -2.45. The zero-order chi connectivity index (χ0) is 20.5. The van der Waals surface area contributed by atoms with Crippen LogP contribution in [-0.2, 0) is 0 Å². The number of nitrogens with one attached hydrogen (secondary N) is 1. The molecule has 5 nitrogen and oxygen atoms in total. The highest BCUT2D eigenvalue weighted by atomic mass is 32.1. The number of hydrogen-bond donors (Lipinski definition) is 1. The molecule has 2 heterocycles. The van der Waals surface area contributed by atoms with Gasteiger partial charge in [0.15, 0.2) is 5.11 Å². The van der Waals surface area contributed by atoms with E-state index >= 15 is 0 Å². The van der Waals surface area contributed by atoms with Crippen LogP contribution in [-0.4, -0.2) is 26.7 Å². The van der Waals surface area contributed by atoms with Gasteiger partial charge in [0.2, 0.25) is 5.82 Å². The van der Waals surface area contributed by atoms with Gasteiger partial charge in [0.25, 0.3) is 5.89 Å². The van der Waals surface area contributed by atoms with E-state index in [2.05, 4.69) is 61.3 Å². The van der Waals surface area contributed by atoms with E-state index in [0.717, 1.165) is 28.9 Å². The maximum absolute atomic E-state index is 5.73. The largest absolute Gasteiger partial charge is 0.351 e. The molecule has 3 aromatic rings. The number of aromatic nitrogens is 2. The average molecular weight is 405 g/mol. The first kappa shape index (κ1) is 19.3. The fourth-order valence-corrected chi connectivity index (χ4v) is 4.05. The Bertz CT molecular complexity index is 1090. The summed E-state index contributed by atoms with van der Waals surface area (Å²) in [7, 11) is 0. The molecule has 1 N–H and O–H groups in total. The summed E-state index contributed by atoms with van der Waals surface area (Å²) in [5, 5.41) is 8.41. The Morgan fingerprint density at radius 1 is 1.07 bits per heavy atom. The molecule has 6 heteroatoms. The smallest absolute Gasteiger partial charge is 0.258 e. The standard InChI is InChI=1S/C23H24N4OS/c1-5-27-16(4)19(22-25-21(26-28-22)17-9-7-6-8-10-17)20(24-23(27)29)18-12-11-14(2)15(3)13-18/h6-13,20H,5H2,1-4H3,(H,24,29). The number of allylic oxidation sites excluding steroid dienone is 1. The second-order valence-electron chi connectivity index (χ2n) is 7.26. The minimum atomic E-state index is -0.145. The third kappa shape index (κ3) is 3.56. The molecule has 1 atom stereocenters. The molecule has 0 aliphatic carbocycles. The average Bonchev–Trinajstić information content (AvgIpc) is 3.20. The maximum Gasteiger partial charge on any atom is 0.258 e. The first-order valence-corrected chi connectivity index (χ1v) is 10.2. The molecule has 0 saturated heterocycles. The summed E-state index contributed by atoms with van der Waals surface area (Å²) in [5.74, 6) is 1.09. The van der Waals surface area contributed by atoms with Crippen LogP contribution in [0.25, 0.3) is 17.0 Å². The molecule has 0 radical (unpaired) electrons. The van der Waals surface area contributed by atoms with Gasteiger partial charge < -0.3 is 14.7 Å². The van der Waals surface area contributed by atoms with Crippen molar-refractivity contribution < 1.29 is 4.52 Å². The van der Waals surface area contributed by atoms with Gasteiger partial charge in [-0.25, -0.2) is 0 Å². The van der Waals surface area contributed by atoms with Crippen molar-refractivity contribution in [1.82, 2.24) is 20.4 Å². The summed E-state index contributed by atoms with van der Waals surface area (Å²) in [6, 6.07) is 16.2. The zero-order valence-electron chi connectivity index (χ0n) is 17.1. The molecule has 148 valence electrons. The number of rotatable bonds is 4. The molecule has 0 amide bonds. The highest BCUT2D eigenvalue weighted by molar-refractivity contribution is 7.80. The Labute approximate surface area is 176 Å². The molecule has 0 bridgehead atoms. The second-order valence-corrected chi connectivity index (χ2v) is 7.65. The van der Waals surface area contributed by atoms with Gasteiger partial charge in [-0.3, -0.25) is 0 Å². The van der Waals surface area contributed by atoms with Gasteiger partial charge in [-0.1, -0.05) is 53.7 Å². The van der Waals surface area contributed by atoms with Crippen molar-refractivity contribution >= 4 is 22.9 Å². The third-order valence-corrected chi connectivity index (χ3v) is 5.80. The van der Waals surface area contributed by atoms with E-state index in [1.54, 1.807) is 0 Å². The Morgan fingerprint density at radius 2 is 1.83 bits per heavy atom. The topological polar surface area (TPSA) is 54.2 Å². The molecule has 4 rings (SSSR count). The molecule has 29 heavy (non-hydrogen) atoms. The number of thiocarbonyl (C=S) groups is 1. The number of nitrogens with zero attached hydrogens (tertiary/aromatic N) is 3. The van der Waals surface area contributed by atoms with E-state index < -0.39 is 0 Å². The van der Waals surface area contributed by atoms with Crippen LogP contribution in [0.1, 0.15) is 42.5 Å². The van der Waals surface area contributed by atoms with Gasteiger partial charge in [-0.05, 0) is 56.6 Å². The summed E-state index contributed by atoms with van der Waals surface area (Å²) < 4.78 is 5.73. The van der Waals surface area contributed by atoms with Gasteiger partial charge in [0.1, 0.15) is 0 Å². The Hall–Kier alpha value is -2.99. The highest BCUT2D eigenvalue weighted by Gasteiger charge is 2.33. The quantitative estimate of drug-likeness (QED) is 0.615. The van der Waals surface area contributed by atoms with Crippen molar-refractivity contribution in [1.29, 1.82) is 0 Å².